The molecule has 2 aromatic carbocycles. The Morgan fingerprint density at radius 3 is 2.60 bits per heavy atom. The number of hydrogen-bond donors (Lipinski definition) is 0. The molecule has 156 valence electrons. The van der Waals surface area contributed by atoms with Crippen molar-refractivity contribution in [3.05, 3.63) is 59.7 Å². The normalized spacial score (nSPS) is 16.9. The lowest BCUT2D eigenvalue weighted by Gasteiger charge is -2.18. The minimum Gasteiger partial charge on any atom is -0.406 e. The molecule has 30 heavy (non-hydrogen) atoms. The monoisotopic (exact) mass is 421 g/mol. The fraction of sp³-hybridized carbons (Fsp3) is 0.250. The summed E-state index contributed by atoms with van der Waals surface area (Å²) in [5.41, 5.74) is 1.29. The second-order valence-electron chi connectivity index (χ2n) is 6.82. The van der Waals surface area contributed by atoms with Crippen molar-refractivity contribution >= 4 is 11.6 Å². The van der Waals surface area contributed by atoms with Gasteiger partial charge in [-0.1, -0.05) is 11.2 Å². The van der Waals surface area contributed by atoms with Gasteiger partial charge in [-0.25, -0.2) is 4.39 Å². The molecule has 1 aromatic heterocycles. The van der Waals surface area contributed by atoms with Crippen molar-refractivity contribution in [2.45, 2.75) is 25.6 Å². The number of carbonyl (C=O) groups excluding carboxylic acids is 1. The van der Waals surface area contributed by atoms with Gasteiger partial charge in [-0.15, -0.1) is 13.2 Å². The van der Waals surface area contributed by atoms with Crippen molar-refractivity contribution in [3.8, 4) is 17.1 Å². The molecule has 0 radical (unpaired) electrons. The van der Waals surface area contributed by atoms with Crippen LogP contribution in [0.15, 0.2) is 47.0 Å². The van der Waals surface area contributed by atoms with Gasteiger partial charge in [0, 0.05) is 29.8 Å². The fourth-order valence-corrected chi connectivity index (χ4v) is 3.32. The maximum absolute atomic E-state index is 13.8. The summed E-state index contributed by atoms with van der Waals surface area (Å²) in [4.78, 5) is 18.2. The summed E-state index contributed by atoms with van der Waals surface area (Å²) in [6.45, 7) is 1.85. The molecule has 2 heterocycles. The summed E-state index contributed by atoms with van der Waals surface area (Å²) < 4.78 is 59.7. The lowest BCUT2D eigenvalue weighted by atomic mass is 10.1. The summed E-state index contributed by atoms with van der Waals surface area (Å²) in [5.74, 6) is -0.933. The van der Waals surface area contributed by atoms with E-state index in [4.69, 9.17) is 4.52 Å². The number of benzene rings is 2. The molecular formula is C20H15F4N3O3. The second-order valence-corrected chi connectivity index (χ2v) is 6.82. The minimum absolute atomic E-state index is 0.121. The summed E-state index contributed by atoms with van der Waals surface area (Å²) in [7, 11) is 0. The molecule has 10 heteroatoms. The van der Waals surface area contributed by atoms with Crippen molar-refractivity contribution in [1.29, 1.82) is 0 Å². The van der Waals surface area contributed by atoms with Crippen LogP contribution in [0.25, 0.3) is 11.4 Å². The molecule has 0 aliphatic carbocycles. The highest BCUT2D eigenvalue weighted by Crippen LogP contribution is 2.34. The lowest BCUT2D eigenvalue weighted by molar-refractivity contribution is -0.274. The van der Waals surface area contributed by atoms with Crippen LogP contribution >= 0.6 is 0 Å². The Bertz CT molecular complexity index is 1080. The number of amides is 1. The molecule has 0 N–H and O–H groups in total. The van der Waals surface area contributed by atoms with Crippen molar-refractivity contribution in [3.63, 3.8) is 0 Å². The first-order valence-electron chi connectivity index (χ1n) is 8.96. The van der Waals surface area contributed by atoms with Crippen LogP contribution in [-0.4, -0.2) is 29.0 Å². The number of halogens is 4. The van der Waals surface area contributed by atoms with Gasteiger partial charge < -0.3 is 14.2 Å². The van der Waals surface area contributed by atoms with Gasteiger partial charge >= 0.3 is 6.36 Å². The van der Waals surface area contributed by atoms with Gasteiger partial charge in [-0.2, -0.15) is 4.98 Å². The van der Waals surface area contributed by atoms with E-state index in [2.05, 4.69) is 14.9 Å². The number of nitrogens with zero attached hydrogens (tertiary/aromatic N) is 3. The molecule has 3 aromatic rings. The molecule has 4 rings (SSSR count). The Hall–Kier alpha value is -3.43. The van der Waals surface area contributed by atoms with Crippen LogP contribution in [0.1, 0.15) is 23.8 Å². The Morgan fingerprint density at radius 1 is 1.17 bits per heavy atom. The van der Waals surface area contributed by atoms with Crippen molar-refractivity contribution in [1.82, 2.24) is 10.1 Å². The highest BCUT2D eigenvalue weighted by Gasteiger charge is 2.36. The average Bonchev–Trinajstić information content (AvgIpc) is 3.30. The van der Waals surface area contributed by atoms with Crippen molar-refractivity contribution < 1.29 is 31.6 Å². The van der Waals surface area contributed by atoms with E-state index in [0.29, 0.717) is 16.8 Å². The van der Waals surface area contributed by atoms with Crippen LogP contribution in [0.5, 0.6) is 5.75 Å². The Balaban J connectivity index is 1.51. The van der Waals surface area contributed by atoms with Gasteiger partial charge in [0.1, 0.15) is 11.6 Å². The maximum Gasteiger partial charge on any atom is 0.573 e. The molecule has 6 nitrogen and oxygen atoms in total. The van der Waals surface area contributed by atoms with E-state index in [1.807, 2.05) is 0 Å². The van der Waals surface area contributed by atoms with Gasteiger partial charge in [0.05, 0.1) is 5.92 Å². The Labute approximate surface area is 168 Å². The zero-order valence-electron chi connectivity index (χ0n) is 15.6. The number of aromatic nitrogens is 2. The lowest BCUT2D eigenvalue weighted by Crippen LogP contribution is -2.25. The van der Waals surface area contributed by atoms with Crippen molar-refractivity contribution in [2.75, 3.05) is 11.4 Å². The maximum atomic E-state index is 13.8. The molecule has 1 saturated heterocycles. The summed E-state index contributed by atoms with van der Waals surface area (Å²) in [6, 6.07) is 9.57. The summed E-state index contributed by atoms with van der Waals surface area (Å²) in [5, 5.41) is 3.85. The number of ether oxygens (including phenoxy) is 1. The molecule has 0 saturated carbocycles. The first-order chi connectivity index (χ1) is 14.2. The zero-order valence-corrected chi connectivity index (χ0v) is 15.6. The topological polar surface area (TPSA) is 68.5 Å². The largest absolute Gasteiger partial charge is 0.573 e. The fourth-order valence-electron chi connectivity index (χ4n) is 3.32. The minimum atomic E-state index is -4.78. The smallest absolute Gasteiger partial charge is 0.406 e. The number of hydrogen-bond acceptors (Lipinski definition) is 5. The van der Waals surface area contributed by atoms with E-state index in [9.17, 15) is 22.4 Å². The molecule has 1 atom stereocenters. The molecule has 1 aliphatic rings. The van der Waals surface area contributed by atoms with E-state index < -0.39 is 12.2 Å². The predicted molar refractivity (Wildman–Crippen MR) is 97.3 cm³/mol. The molecule has 1 amide bonds. The van der Waals surface area contributed by atoms with Crippen LogP contribution in [0.2, 0.25) is 0 Å². The van der Waals surface area contributed by atoms with Crippen LogP contribution in [0, 0.1) is 12.7 Å². The molecule has 1 fully saturated rings. The van der Waals surface area contributed by atoms with Gasteiger partial charge in [-0.05, 0) is 43.3 Å². The van der Waals surface area contributed by atoms with Crippen LogP contribution in [-0.2, 0) is 4.79 Å². The van der Waals surface area contributed by atoms with Gasteiger partial charge in [-0.3, -0.25) is 4.79 Å². The van der Waals surface area contributed by atoms with E-state index >= 15 is 0 Å². The van der Waals surface area contributed by atoms with E-state index in [0.717, 1.165) is 12.1 Å². The third-order valence-corrected chi connectivity index (χ3v) is 4.79. The Morgan fingerprint density at radius 2 is 1.90 bits per heavy atom. The van der Waals surface area contributed by atoms with Crippen LogP contribution < -0.4 is 9.64 Å². The number of alkyl halides is 3. The third kappa shape index (κ3) is 3.98. The first kappa shape index (κ1) is 19.9. The van der Waals surface area contributed by atoms with E-state index in [1.54, 1.807) is 13.0 Å². The van der Waals surface area contributed by atoms with Gasteiger partial charge in [0.15, 0.2) is 0 Å². The highest BCUT2D eigenvalue weighted by molar-refractivity contribution is 5.97. The summed E-state index contributed by atoms with van der Waals surface area (Å²) >= 11 is 0. The third-order valence-electron chi connectivity index (χ3n) is 4.79. The standard InChI is InChI=1S/C20H15F4N3O3/c1-11-15(21)3-2-4-16(11)27-10-13(9-17(27)28)19-25-18(26-30-19)12-5-7-14(8-6-12)29-20(22,23)24/h2-8,13H,9-10H2,1H3. The summed E-state index contributed by atoms with van der Waals surface area (Å²) in [6.07, 6.45) is -4.66. The van der Waals surface area contributed by atoms with Crippen molar-refractivity contribution in [2.24, 2.45) is 0 Å². The molecule has 1 unspecified atom stereocenters. The molecule has 1 aliphatic heterocycles. The van der Waals surface area contributed by atoms with Gasteiger partial charge in [0.2, 0.25) is 17.6 Å². The van der Waals surface area contributed by atoms with Crippen LogP contribution in [0.4, 0.5) is 23.2 Å². The SMILES string of the molecule is Cc1c(F)cccc1N1CC(c2nc(-c3ccc(OC(F)(F)F)cc3)no2)CC1=O. The molecule has 0 spiro atoms. The quantitative estimate of drug-likeness (QED) is 0.576. The predicted octanol–water partition coefficient (Wildman–Crippen LogP) is 4.60. The Kier molecular flexibility index (Phi) is 4.92. The number of carbonyl (C=O) groups is 1. The van der Waals surface area contributed by atoms with Gasteiger partial charge in [0.25, 0.3) is 0 Å². The number of rotatable bonds is 4. The second kappa shape index (κ2) is 7.43. The zero-order chi connectivity index (χ0) is 21.5. The first-order valence-corrected chi connectivity index (χ1v) is 8.96. The average molecular weight is 421 g/mol. The number of anilines is 1. The highest BCUT2D eigenvalue weighted by atomic mass is 19.4. The molecule has 0 bridgehead atoms. The van der Waals surface area contributed by atoms with E-state index in [-0.39, 0.29) is 42.3 Å². The van der Waals surface area contributed by atoms with Crippen LogP contribution in [0.3, 0.4) is 0 Å². The molecular weight excluding hydrogens is 406 g/mol. The van der Waals surface area contributed by atoms with E-state index in [1.165, 1.54) is 29.2 Å².